The summed E-state index contributed by atoms with van der Waals surface area (Å²) in [6, 6.07) is 8.08. The van der Waals surface area contributed by atoms with Crippen molar-refractivity contribution in [2.75, 3.05) is 51.3 Å². The molecule has 1 aliphatic heterocycles. The number of benzene rings is 1. The highest BCUT2D eigenvalue weighted by Gasteiger charge is 2.24. The molecule has 5 heteroatoms. The van der Waals surface area contributed by atoms with Gasteiger partial charge in [0.05, 0.1) is 25.5 Å². The van der Waals surface area contributed by atoms with Crippen molar-refractivity contribution in [2.45, 2.75) is 32.0 Å². The summed E-state index contributed by atoms with van der Waals surface area (Å²) in [5.41, 5.74) is 0.532. The molecule has 0 bridgehead atoms. The van der Waals surface area contributed by atoms with Crippen LogP contribution < -0.4 is 9.64 Å². The summed E-state index contributed by atoms with van der Waals surface area (Å²) in [4.78, 5) is 4.59. The molecule has 0 saturated carbocycles. The van der Waals surface area contributed by atoms with E-state index in [2.05, 4.69) is 21.8 Å². The van der Waals surface area contributed by atoms with Crippen LogP contribution in [0.15, 0.2) is 24.3 Å². The van der Waals surface area contributed by atoms with Crippen molar-refractivity contribution in [2.24, 2.45) is 0 Å². The lowest BCUT2D eigenvalue weighted by molar-refractivity contribution is -0.0473. The van der Waals surface area contributed by atoms with Gasteiger partial charge in [-0.2, -0.15) is 0 Å². The first-order valence-corrected chi connectivity index (χ1v) is 8.91. The van der Waals surface area contributed by atoms with Crippen LogP contribution in [0.3, 0.4) is 0 Å². The zero-order valence-corrected chi connectivity index (χ0v) is 15.6. The molecule has 0 radical (unpaired) electrons. The summed E-state index contributed by atoms with van der Waals surface area (Å²) in [6.45, 7) is 8.35. The van der Waals surface area contributed by atoms with Crippen LogP contribution in [-0.2, 0) is 4.74 Å². The quantitative estimate of drug-likeness (QED) is 0.730. The number of nitrogens with zero attached hydrogens (tertiary/aromatic N) is 2. The maximum Gasteiger partial charge on any atom is 0.142 e. The summed E-state index contributed by atoms with van der Waals surface area (Å²) in [7, 11) is 1.70. The van der Waals surface area contributed by atoms with Crippen LogP contribution in [0.5, 0.6) is 5.75 Å². The molecular formula is C20H30N2O3. The number of terminal acetylenes is 1. The van der Waals surface area contributed by atoms with Crippen molar-refractivity contribution < 1.29 is 14.6 Å². The van der Waals surface area contributed by atoms with Crippen LogP contribution in [-0.4, -0.2) is 68.2 Å². The van der Waals surface area contributed by atoms with Gasteiger partial charge in [-0.3, -0.25) is 4.90 Å². The van der Waals surface area contributed by atoms with Gasteiger partial charge in [-0.05, 0) is 25.5 Å². The molecule has 138 valence electrons. The smallest absolute Gasteiger partial charge is 0.142 e. The number of β-amino-alcohol motifs (C(OH)–C–C–N with tert-alkyl or cyclic N) is 1. The minimum atomic E-state index is -0.594. The Balaban J connectivity index is 1.79. The zero-order valence-electron chi connectivity index (χ0n) is 15.6. The van der Waals surface area contributed by atoms with E-state index in [1.165, 1.54) is 0 Å². The second-order valence-corrected chi connectivity index (χ2v) is 6.65. The van der Waals surface area contributed by atoms with Crippen molar-refractivity contribution >= 4 is 5.69 Å². The number of piperazine rings is 1. The average Bonchev–Trinajstić information content (AvgIpc) is 2.66. The Hall–Kier alpha value is -1.74. The number of anilines is 1. The van der Waals surface area contributed by atoms with Gasteiger partial charge in [0.15, 0.2) is 0 Å². The zero-order chi connectivity index (χ0) is 18.3. The van der Waals surface area contributed by atoms with Crippen molar-refractivity contribution in [3.63, 3.8) is 0 Å². The largest absolute Gasteiger partial charge is 0.495 e. The van der Waals surface area contributed by atoms with Crippen molar-refractivity contribution in [3.05, 3.63) is 24.3 Å². The first kappa shape index (κ1) is 19.6. The average molecular weight is 346 g/mol. The van der Waals surface area contributed by atoms with Gasteiger partial charge in [0, 0.05) is 32.7 Å². The van der Waals surface area contributed by atoms with Gasteiger partial charge in [0.25, 0.3) is 0 Å². The minimum Gasteiger partial charge on any atom is -0.495 e. The van der Waals surface area contributed by atoms with Crippen molar-refractivity contribution in [1.82, 2.24) is 4.90 Å². The number of ether oxygens (including phenoxy) is 2. The maximum atomic E-state index is 10.3. The number of aliphatic hydroxyl groups is 1. The molecule has 0 amide bonds. The fourth-order valence-corrected chi connectivity index (χ4v) is 2.94. The highest BCUT2D eigenvalue weighted by molar-refractivity contribution is 5.58. The molecule has 5 nitrogen and oxygen atoms in total. The fourth-order valence-electron chi connectivity index (χ4n) is 2.94. The number of para-hydroxylation sites is 2. The van der Waals surface area contributed by atoms with Gasteiger partial charge in [-0.25, -0.2) is 0 Å². The lowest BCUT2D eigenvalue weighted by Crippen LogP contribution is -2.49. The summed E-state index contributed by atoms with van der Waals surface area (Å²) in [5, 5.41) is 10.3. The van der Waals surface area contributed by atoms with E-state index >= 15 is 0 Å². The van der Waals surface area contributed by atoms with Gasteiger partial charge >= 0.3 is 0 Å². The minimum absolute atomic E-state index is 0.265. The summed E-state index contributed by atoms with van der Waals surface area (Å²) in [6.07, 6.45) is 5.70. The van der Waals surface area contributed by atoms with Crippen molar-refractivity contribution in [3.8, 4) is 18.1 Å². The summed E-state index contributed by atoms with van der Waals surface area (Å²) in [5.74, 6) is 3.56. The summed E-state index contributed by atoms with van der Waals surface area (Å²) >= 11 is 0. The van der Waals surface area contributed by atoms with Crippen LogP contribution in [0.1, 0.15) is 20.3 Å². The Morgan fingerprint density at radius 3 is 2.56 bits per heavy atom. The van der Waals surface area contributed by atoms with Gasteiger partial charge in [0.2, 0.25) is 0 Å². The molecule has 1 N–H and O–H groups in total. The Morgan fingerprint density at radius 1 is 1.28 bits per heavy atom. The molecule has 2 rings (SSSR count). The Morgan fingerprint density at radius 2 is 1.96 bits per heavy atom. The lowest BCUT2D eigenvalue weighted by Gasteiger charge is -2.37. The standard InChI is InChI=1S/C20H30N2O3/c1-5-20(3,6-2)25-16-17(23)15-21-11-13-22(14-12-21)18-9-7-8-10-19(18)24-4/h1,7-10,17,23H,6,11-16H2,2-4H3. The first-order valence-electron chi connectivity index (χ1n) is 8.91. The Kier molecular flexibility index (Phi) is 7.12. The van der Waals surface area contributed by atoms with Crippen LogP contribution >= 0.6 is 0 Å². The van der Waals surface area contributed by atoms with E-state index in [-0.39, 0.29) is 6.61 Å². The van der Waals surface area contributed by atoms with Gasteiger partial charge in [-0.15, -0.1) is 6.42 Å². The van der Waals surface area contributed by atoms with Crippen LogP contribution in [0.2, 0.25) is 0 Å². The number of aliphatic hydroxyl groups excluding tert-OH is 1. The highest BCUT2D eigenvalue weighted by atomic mass is 16.5. The molecule has 1 saturated heterocycles. The maximum absolute atomic E-state index is 10.3. The molecule has 1 aromatic rings. The van der Waals surface area contributed by atoms with E-state index in [4.69, 9.17) is 15.9 Å². The van der Waals surface area contributed by atoms with E-state index in [1.54, 1.807) is 7.11 Å². The number of hydrogen-bond acceptors (Lipinski definition) is 5. The van der Waals surface area contributed by atoms with Crippen LogP contribution in [0.4, 0.5) is 5.69 Å². The third kappa shape index (κ3) is 5.37. The molecule has 0 spiro atoms. The van der Waals surface area contributed by atoms with Gasteiger partial charge in [0.1, 0.15) is 11.4 Å². The predicted octanol–water partition coefficient (Wildman–Crippen LogP) is 2.00. The van der Waals surface area contributed by atoms with Crippen LogP contribution in [0.25, 0.3) is 0 Å². The second kappa shape index (κ2) is 9.10. The monoisotopic (exact) mass is 346 g/mol. The van der Waals surface area contributed by atoms with Gasteiger partial charge in [-0.1, -0.05) is 25.0 Å². The van der Waals surface area contributed by atoms with E-state index in [0.717, 1.165) is 44.0 Å². The van der Waals surface area contributed by atoms with Crippen LogP contribution in [0, 0.1) is 12.3 Å². The van der Waals surface area contributed by atoms with Crippen molar-refractivity contribution in [1.29, 1.82) is 0 Å². The Bertz CT molecular complexity index is 579. The summed E-state index contributed by atoms with van der Waals surface area (Å²) < 4.78 is 11.2. The molecular weight excluding hydrogens is 316 g/mol. The van der Waals surface area contributed by atoms with Gasteiger partial charge < -0.3 is 19.5 Å². The molecule has 25 heavy (non-hydrogen) atoms. The van der Waals surface area contributed by atoms with E-state index in [1.807, 2.05) is 32.0 Å². The topological polar surface area (TPSA) is 45.2 Å². The first-order chi connectivity index (χ1) is 12.0. The lowest BCUT2D eigenvalue weighted by atomic mass is 10.1. The van der Waals surface area contributed by atoms with E-state index in [0.29, 0.717) is 6.54 Å². The third-order valence-corrected chi connectivity index (χ3v) is 4.84. The molecule has 0 aromatic heterocycles. The second-order valence-electron chi connectivity index (χ2n) is 6.65. The number of methoxy groups -OCH3 is 1. The number of rotatable bonds is 8. The molecule has 2 atom stereocenters. The normalized spacial score (nSPS) is 19.1. The van der Waals surface area contributed by atoms with E-state index in [9.17, 15) is 5.11 Å². The molecule has 0 aliphatic carbocycles. The Labute approximate surface area is 151 Å². The molecule has 1 heterocycles. The molecule has 1 aromatic carbocycles. The molecule has 1 aliphatic rings. The highest BCUT2D eigenvalue weighted by Crippen LogP contribution is 2.28. The predicted molar refractivity (Wildman–Crippen MR) is 101 cm³/mol. The fraction of sp³-hybridized carbons (Fsp3) is 0.600. The number of hydrogen-bond donors (Lipinski definition) is 1. The SMILES string of the molecule is C#CC(C)(CC)OCC(O)CN1CCN(c2ccccc2OC)CC1. The molecule has 2 unspecified atom stereocenters. The molecule has 1 fully saturated rings. The van der Waals surface area contributed by atoms with E-state index < -0.39 is 11.7 Å². The third-order valence-electron chi connectivity index (χ3n) is 4.84.